The van der Waals surface area contributed by atoms with E-state index in [-0.39, 0.29) is 5.82 Å². The normalized spacial score (nSPS) is 15.1. The van der Waals surface area contributed by atoms with Crippen LogP contribution in [0.25, 0.3) is 11.0 Å². The van der Waals surface area contributed by atoms with E-state index in [9.17, 15) is 4.39 Å². The summed E-state index contributed by atoms with van der Waals surface area (Å²) >= 11 is 0. The van der Waals surface area contributed by atoms with Gasteiger partial charge in [0.05, 0.1) is 6.61 Å². The Hall–Kier alpha value is -2.17. The van der Waals surface area contributed by atoms with Crippen molar-refractivity contribution in [3.8, 4) is 0 Å². The maximum Gasteiger partial charge on any atom is 0.134 e. The van der Waals surface area contributed by atoms with Crippen molar-refractivity contribution in [2.24, 2.45) is 5.92 Å². The standard InChI is InChI=1S/C26H32FNO2/c27-24-11-7-20(8-12-24)9-13-25-17-23-10-6-22(16-26(23)30-25)18-28-14-15-29-19-21-4-2-1-3-5-21/h6-8,10-12,16-17,21,28H,1-5,9,13-15,18-19H2. The van der Waals surface area contributed by atoms with Crippen molar-refractivity contribution in [2.75, 3.05) is 19.8 Å². The summed E-state index contributed by atoms with van der Waals surface area (Å²) in [5.41, 5.74) is 3.26. The molecule has 0 aliphatic heterocycles. The largest absolute Gasteiger partial charge is 0.461 e. The van der Waals surface area contributed by atoms with Gasteiger partial charge in [0, 0.05) is 31.5 Å². The molecule has 1 fully saturated rings. The fourth-order valence-corrected chi connectivity index (χ4v) is 4.26. The van der Waals surface area contributed by atoms with Crippen LogP contribution in [0.2, 0.25) is 0 Å². The van der Waals surface area contributed by atoms with E-state index in [1.807, 2.05) is 12.1 Å². The predicted molar refractivity (Wildman–Crippen MR) is 119 cm³/mol. The minimum atomic E-state index is -0.195. The molecule has 3 aromatic rings. The van der Waals surface area contributed by atoms with Crippen LogP contribution in [0.1, 0.15) is 49.0 Å². The van der Waals surface area contributed by atoms with Gasteiger partial charge in [-0.3, -0.25) is 0 Å². The van der Waals surface area contributed by atoms with Gasteiger partial charge in [-0.25, -0.2) is 4.39 Å². The second kappa shape index (κ2) is 10.7. The number of hydrogen-bond acceptors (Lipinski definition) is 3. The van der Waals surface area contributed by atoms with Gasteiger partial charge in [0.25, 0.3) is 0 Å². The van der Waals surface area contributed by atoms with Gasteiger partial charge in [-0.05, 0) is 60.6 Å². The van der Waals surface area contributed by atoms with E-state index in [4.69, 9.17) is 9.15 Å². The van der Waals surface area contributed by atoms with Crippen molar-refractivity contribution in [3.63, 3.8) is 0 Å². The molecule has 0 spiro atoms. The number of fused-ring (bicyclic) bond motifs is 1. The molecule has 1 aliphatic rings. The average molecular weight is 410 g/mol. The first kappa shape index (κ1) is 21.1. The van der Waals surface area contributed by atoms with Crippen molar-refractivity contribution in [3.05, 3.63) is 71.2 Å². The Kier molecular flexibility index (Phi) is 7.54. The zero-order valence-electron chi connectivity index (χ0n) is 17.7. The molecule has 4 heteroatoms. The van der Waals surface area contributed by atoms with E-state index in [1.165, 1.54) is 49.8 Å². The Balaban J connectivity index is 1.20. The molecule has 2 aromatic carbocycles. The zero-order chi connectivity index (χ0) is 20.6. The van der Waals surface area contributed by atoms with Crippen LogP contribution in [0.3, 0.4) is 0 Å². The van der Waals surface area contributed by atoms with E-state index in [0.29, 0.717) is 0 Å². The lowest BCUT2D eigenvalue weighted by Gasteiger charge is -2.21. The first-order valence-electron chi connectivity index (χ1n) is 11.3. The average Bonchev–Trinajstić information content (AvgIpc) is 3.19. The maximum atomic E-state index is 13.0. The summed E-state index contributed by atoms with van der Waals surface area (Å²) in [5, 5.41) is 4.59. The molecule has 0 atom stereocenters. The van der Waals surface area contributed by atoms with Crippen molar-refractivity contribution in [1.82, 2.24) is 5.32 Å². The summed E-state index contributed by atoms with van der Waals surface area (Å²) in [5.74, 6) is 1.55. The fourth-order valence-electron chi connectivity index (χ4n) is 4.26. The van der Waals surface area contributed by atoms with Gasteiger partial charge in [-0.15, -0.1) is 0 Å². The Morgan fingerprint density at radius 3 is 2.57 bits per heavy atom. The lowest BCUT2D eigenvalue weighted by atomic mass is 9.90. The van der Waals surface area contributed by atoms with Gasteiger partial charge in [0.1, 0.15) is 17.2 Å². The zero-order valence-corrected chi connectivity index (χ0v) is 17.7. The molecule has 1 heterocycles. The van der Waals surface area contributed by atoms with Crippen LogP contribution in [-0.4, -0.2) is 19.8 Å². The molecule has 3 nitrogen and oxygen atoms in total. The van der Waals surface area contributed by atoms with Crippen molar-refractivity contribution < 1.29 is 13.5 Å². The molecule has 0 unspecified atom stereocenters. The van der Waals surface area contributed by atoms with Gasteiger partial charge in [-0.1, -0.05) is 43.5 Å². The second-order valence-corrected chi connectivity index (χ2v) is 8.47. The molecule has 1 aliphatic carbocycles. The first-order valence-corrected chi connectivity index (χ1v) is 11.3. The molecule has 1 aromatic heterocycles. The summed E-state index contributed by atoms with van der Waals surface area (Å²) in [4.78, 5) is 0. The van der Waals surface area contributed by atoms with Gasteiger partial charge >= 0.3 is 0 Å². The molecule has 1 N–H and O–H groups in total. The van der Waals surface area contributed by atoms with Crippen LogP contribution in [0.15, 0.2) is 52.9 Å². The highest BCUT2D eigenvalue weighted by molar-refractivity contribution is 5.78. The smallest absolute Gasteiger partial charge is 0.134 e. The molecule has 0 bridgehead atoms. The lowest BCUT2D eigenvalue weighted by Crippen LogP contribution is -2.21. The third kappa shape index (κ3) is 6.16. The van der Waals surface area contributed by atoms with Gasteiger partial charge in [0.2, 0.25) is 0 Å². The summed E-state index contributed by atoms with van der Waals surface area (Å²) in [6, 6.07) is 15.2. The third-order valence-electron chi connectivity index (χ3n) is 6.04. The van der Waals surface area contributed by atoms with Gasteiger partial charge in [0.15, 0.2) is 0 Å². The quantitative estimate of drug-likeness (QED) is 0.414. The van der Waals surface area contributed by atoms with Crippen LogP contribution in [0.5, 0.6) is 0 Å². The summed E-state index contributed by atoms with van der Waals surface area (Å²) in [7, 11) is 0. The monoisotopic (exact) mass is 409 g/mol. The predicted octanol–water partition coefficient (Wildman–Crippen LogP) is 6.04. The van der Waals surface area contributed by atoms with Crippen molar-refractivity contribution >= 4 is 11.0 Å². The summed E-state index contributed by atoms with van der Waals surface area (Å²) in [6.07, 6.45) is 8.46. The Morgan fingerprint density at radius 2 is 1.73 bits per heavy atom. The molecule has 30 heavy (non-hydrogen) atoms. The van der Waals surface area contributed by atoms with Crippen LogP contribution >= 0.6 is 0 Å². The molecular weight excluding hydrogens is 377 g/mol. The lowest BCUT2D eigenvalue weighted by molar-refractivity contribution is 0.0868. The number of ether oxygens (including phenoxy) is 1. The van der Waals surface area contributed by atoms with Crippen LogP contribution < -0.4 is 5.32 Å². The van der Waals surface area contributed by atoms with Crippen molar-refractivity contribution in [1.29, 1.82) is 0 Å². The van der Waals surface area contributed by atoms with Crippen LogP contribution in [0.4, 0.5) is 4.39 Å². The highest BCUT2D eigenvalue weighted by atomic mass is 19.1. The number of aryl methyl sites for hydroxylation is 2. The fraction of sp³-hybridized carbons (Fsp3) is 0.462. The first-order chi connectivity index (χ1) is 14.8. The Bertz CT molecular complexity index is 912. The summed E-state index contributed by atoms with van der Waals surface area (Å²) in [6.45, 7) is 3.37. The molecular formula is C26H32FNO2. The summed E-state index contributed by atoms with van der Waals surface area (Å²) < 4.78 is 24.9. The molecule has 4 rings (SSSR count). The number of hydrogen-bond donors (Lipinski definition) is 1. The minimum Gasteiger partial charge on any atom is -0.461 e. The molecule has 0 amide bonds. The molecule has 0 radical (unpaired) electrons. The molecule has 1 saturated carbocycles. The minimum absolute atomic E-state index is 0.195. The van der Waals surface area contributed by atoms with Gasteiger partial charge < -0.3 is 14.5 Å². The van der Waals surface area contributed by atoms with E-state index in [1.54, 1.807) is 0 Å². The Labute approximate surface area is 178 Å². The molecule has 0 saturated heterocycles. The van der Waals surface area contributed by atoms with E-state index in [0.717, 1.165) is 67.4 Å². The highest BCUT2D eigenvalue weighted by Gasteiger charge is 2.13. The topological polar surface area (TPSA) is 34.4 Å². The van der Waals surface area contributed by atoms with Crippen LogP contribution in [0, 0.1) is 11.7 Å². The number of benzene rings is 2. The van der Waals surface area contributed by atoms with E-state index >= 15 is 0 Å². The Morgan fingerprint density at radius 1 is 0.933 bits per heavy atom. The third-order valence-corrected chi connectivity index (χ3v) is 6.04. The van der Waals surface area contributed by atoms with Gasteiger partial charge in [-0.2, -0.15) is 0 Å². The number of halogens is 1. The van der Waals surface area contributed by atoms with Crippen molar-refractivity contribution in [2.45, 2.75) is 51.5 Å². The number of nitrogens with one attached hydrogen (secondary N) is 1. The van der Waals surface area contributed by atoms with Crippen LogP contribution in [-0.2, 0) is 24.1 Å². The number of rotatable bonds is 10. The SMILES string of the molecule is Fc1ccc(CCc2cc3ccc(CNCCOCC4CCCCC4)cc3o2)cc1. The second-order valence-electron chi connectivity index (χ2n) is 8.47. The van der Waals surface area contributed by atoms with E-state index in [2.05, 4.69) is 29.6 Å². The van der Waals surface area contributed by atoms with E-state index < -0.39 is 0 Å². The molecule has 160 valence electrons. The maximum absolute atomic E-state index is 13.0. The number of furan rings is 1. The highest BCUT2D eigenvalue weighted by Crippen LogP contribution is 2.24.